The molecule has 0 saturated carbocycles. The van der Waals surface area contributed by atoms with Crippen molar-refractivity contribution >= 4 is 12.4 Å². The van der Waals surface area contributed by atoms with E-state index in [1.165, 1.54) is 0 Å². The molecule has 0 aliphatic carbocycles. The van der Waals surface area contributed by atoms with Gasteiger partial charge in [0.1, 0.15) is 11.6 Å². The first-order valence-corrected chi connectivity index (χ1v) is 5.31. The standard InChI is InChI=1S/C12H14FNO4/c1-7(2)14(6-15)11(12(17)18)8-3-9(13)5-10(16)4-8/h3-7,11,16H,1-2H3,(H,17,18). The highest BCUT2D eigenvalue weighted by molar-refractivity contribution is 5.78. The number of phenolic OH excluding ortho intramolecular Hbond substituents is 1. The Labute approximate surface area is 103 Å². The summed E-state index contributed by atoms with van der Waals surface area (Å²) < 4.78 is 13.2. The van der Waals surface area contributed by atoms with E-state index in [-0.39, 0.29) is 17.4 Å². The molecule has 0 heterocycles. The summed E-state index contributed by atoms with van der Waals surface area (Å²) in [6, 6.07) is 1.28. The quantitative estimate of drug-likeness (QED) is 0.782. The van der Waals surface area contributed by atoms with Crippen LogP contribution < -0.4 is 0 Å². The van der Waals surface area contributed by atoms with Crippen molar-refractivity contribution in [2.24, 2.45) is 0 Å². The normalized spacial score (nSPS) is 12.2. The van der Waals surface area contributed by atoms with Crippen molar-refractivity contribution in [3.05, 3.63) is 29.6 Å². The minimum absolute atomic E-state index is 0.0146. The van der Waals surface area contributed by atoms with E-state index in [1.807, 2.05) is 0 Å². The van der Waals surface area contributed by atoms with Gasteiger partial charge in [0, 0.05) is 12.1 Å². The summed E-state index contributed by atoms with van der Waals surface area (Å²) in [6.07, 6.45) is 0.394. The van der Waals surface area contributed by atoms with E-state index >= 15 is 0 Å². The molecule has 0 saturated heterocycles. The molecule has 1 aromatic carbocycles. The summed E-state index contributed by atoms with van der Waals surface area (Å²) in [5.74, 6) is -2.43. The fourth-order valence-corrected chi connectivity index (χ4v) is 1.68. The molecule has 0 radical (unpaired) electrons. The molecule has 1 aromatic rings. The maximum atomic E-state index is 13.2. The van der Waals surface area contributed by atoms with Crippen LogP contribution in [0, 0.1) is 5.82 Å². The Morgan fingerprint density at radius 3 is 2.39 bits per heavy atom. The van der Waals surface area contributed by atoms with E-state index in [0.29, 0.717) is 6.41 Å². The number of rotatable bonds is 5. The molecule has 1 rings (SSSR count). The van der Waals surface area contributed by atoms with Crippen LogP contribution >= 0.6 is 0 Å². The number of nitrogens with zero attached hydrogens (tertiary/aromatic N) is 1. The monoisotopic (exact) mass is 255 g/mol. The van der Waals surface area contributed by atoms with E-state index in [1.54, 1.807) is 13.8 Å². The molecular formula is C12H14FNO4. The Kier molecular flexibility index (Phi) is 4.25. The van der Waals surface area contributed by atoms with Crippen molar-refractivity contribution < 1.29 is 24.2 Å². The number of hydrogen-bond donors (Lipinski definition) is 2. The van der Waals surface area contributed by atoms with Gasteiger partial charge >= 0.3 is 5.97 Å². The van der Waals surface area contributed by atoms with Gasteiger partial charge in [-0.1, -0.05) is 0 Å². The van der Waals surface area contributed by atoms with E-state index in [0.717, 1.165) is 23.1 Å². The molecule has 18 heavy (non-hydrogen) atoms. The number of hydrogen-bond acceptors (Lipinski definition) is 3. The number of carboxylic acids is 1. The summed E-state index contributed by atoms with van der Waals surface area (Å²) in [5.41, 5.74) is 0.0146. The van der Waals surface area contributed by atoms with Crippen molar-refractivity contribution in [3.63, 3.8) is 0 Å². The van der Waals surface area contributed by atoms with Crippen LogP contribution in [0.15, 0.2) is 18.2 Å². The lowest BCUT2D eigenvalue weighted by Crippen LogP contribution is -2.38. The number of aliphatic carboxylic acids is 1. The van der Waals surface area contributed by atoms with Crippen LogP contribution in [0.3, 0.4) is 0 Å². The third-order valence-electron chi connectivity index (χ3n) is 2.47. The van der Waals surface area contributed by atoms with E-state index < -0.39 is 17.8 Å². The van der Waals surface area contributed by atoms with Crippen molar-refractivity contribution in [1.82, 2.24) is 4.90 Å². The fraction of sp³-hybridized carbons (Fsp3) is 0.333. The van der Waals surface area contributed by atoms with Crippen LogP contribution in [0.5, 0.6) is 5.75 Å². The molecule has 0 fully saturated rings. The Hall–Kier alpha value is -2.11. The molecular weight excluding hydrogens is 241 g/mol. The highest BCUT2D eigenvalue weighted by atomic mass is 19.1. The highest BCUT2D eigenvalue weighted by Gasteiger charge is 2.29. The van der Waals surface area contributed by atoms with Crippen molar-refractivity contribution in [2.45, 2.75) is 25.9 Å². The topological polar surface area (TPSA) is 77.8 Å². The molecule has 1 atom stereocenters. The van der Waals surface area contributed by atoms with Crippen LogP contribution in [0.4, 0.5) is 4.39 Å². The summed E-state index contributed by atoms with van der Waals surface area (Å²) in [4.78, 5) is 23.2. The number of amides is 1. The van der Waals surface area contributed by atoms with Crippen molar-refractivity contribution in [1.29, 1.82) is 0 Å². The second-order valence-electron chi connectivity index (χ2n) is 4.13. The summed E-state index contributed by atoms with van der Waals surface area (Å²) in [5, 5.41) is 18.4. The van der Waals surface area contributed by atoms with Gasteiger partial charge in [0.15, 0.2) is 6.04 Å². The Morgan fingerprint density at radius 2 is 2.00 bits per heavy atom. The Bertz CT molecular complexity index is 441. The molecule has 5 nitrogen and oxygen atoms in total. The van der Waals surface area contributed by atoms with Gasteiger partial charge in [-0.2, -0.15) is 0 Å². The lowest BCUT2D eigenvalue weighted by atomic mass is 10.0. The Balaban J connectivity index is 3.27. The summed E-state index contributed by atoms with van der Waals surface area (Å²) >= 11 is 0. The number of carbonyl (C=O) groups is 2. The first kappa shape index (κ1) is 14.0. The second-order valence-corrected chi connectivity index (χ2v) is 4.13. The molecule has 2 N–H and O–H groups in total. The third-order valence-corrected chi connectivity index (χ3v) is 2.47. The molecule has 0 aromatic heterocycles. The fourth-order valence-electron chi connectivity index (χ4n) is 1.68. The largest absolute Gasteiger partial charge is 0.508 e. The van der Waals surface area contributed by atoms with Gasteiger partial charge < -0.3 is 15.1 Å². The number of aromatic hydroxyl groups is 1. The number of benzene rings is 1. The van der Waals surface area contributed by atoms with Crippen molar-refractivity contribution in [3.8, 4) is 5.75 Å². The molecule has 1 amide bonds. The maximum absolute atomic E-state index is 13.2. The number of halogens is 1. The van der Waals surface area contributed by atoms with Crippen LogP contribution in [0.2, 0.25) is 0 Å². The third kappa shape index (κ3) is 2.97. The summed E-state index contributed by atoms with van der Waals surface area (Å²) in [6.45, 7) is 3.28. The van der Waals surface area contributed by atoms with Gasteiger partial charge in [-0.25, -0.2) is 9.18 Å². The Morgan fingerprint density at radius 1 is 1.39 bits per heavy atom. The van der Waals surface area contributed by atoms with Crippen LogP contribution in [0.25, 0.3) is 0 Å². The van der Waals surface area contributed by atoms with Crippen molar-refractivity contribution in [2.75, 3.05) is 0 Å². The highest BCUT2D eigenvalue weighted by Crippen LogP contribution is 2.26. The first-order valence-electron chi connectivity index (χ1n) is 5.31. The minimum Gasteiger partial charge on any atom is -0.508 e. The first-order chi connectivity index (χ1) is 8.36. The average molecular weight is 255 g/mol. The lowest BCUT2D eigenvalue weighted by molar-refractivity contribution is -0.148. The molecule has 98 valence electrons. The molecule has 0 spiro atoms. The van der Waals surface area contributed by atoms with Gasteiger partial charge in [-0.05, 0) is 31.5 Å². The van der Waals surface area contributed by atoms with Gasteiger partial charge in [-0.3, -0.25) is 4.79 Å². The van der Waals surface area contributed by atoms with E-state index in [2.05, 4.69) is 0 Å². The summed E-state index contributed by atoms with van der Waals surface area (Å²) in [7, 11) is 0. The van der Waals surface area contributed by atoms with Crippen LogP contribution in [0.1, 0.15) is 25.5 Å². The maximum Gasteiger partial charge on any atom is 0.331 e. The molecule has 0 aliphatic heterocycles. The SMILES string of the molecule is CC(C)N(C=O)C(C(=O)O)c1cc(O)cc(F)c1. The van der Waals surface area contributed by atoms with Crippen LogP contribution in [-0.2, 0) is 9.59 Å². The van der Waals surface area contributed by atoms with E-state index in [9.17, 15) is 19.1 Å². The van der Waals surface area contributed by atoms with Gasteiger partial charge in [-0.15, -0.1) is 0 Å². The van der Waals surface area contributed by atoms with Gasteiger partial charge in [0.05, 0.1) is 0 Å². The zero-order valence-corrected chi connectivity index (χ0v) is 10.0. The van der Waals surface area contributed by atoms with Gasteiger partial charge in [0.25, 0.3) is 0 Å². The number of carboxylic acid groups (broad SMARTS) is 1. The predicted molar refractivity (Wildman–Crippen MR) is 61.5 cm³/mol. The molecule has 0 aliphatic rings. The lowest BCUT2D eigenvalue weighted by Gasteiger charge is -2.28. The van der Waals surface area contributed by atoms with Gasteiger partial charge in [0.2, 0.25) is 6.41 Å². The molecule has 6 heteroatoms. The average Bonchev–Trinajstić information content (AvgIpc) is 2.22. The molecule has 1 unspecified atom stereocenters. The minimum atomic E-state index is -1.33. The predicted octanol–water partition coefficient (Wildman–Crippen LogP) is 1.52. The second kappa shape index (κ2) is 5.48. The molecule has 0 bridgehead atoms. The van der Waals surface area contributed by atoms with Crippen LogP contribution in [-0.4, -0.2) is 33.5 Å². The van der Waals surface area contributed by atoms with E-state index in [4.69, 9.17) is 5.11 Å². The smallest absolute Gasteiger partial charge is 0.331 e. The zero-order chi connectivity index (χ0) is 13.9. The number of carbonyl (C=O) groups excluding carboxylic acids is 1. The zero-order valence-electron chi connectivity index (χ0n) is 10.0. The number of phenols is 1.